The van der Waals surface area contributed by atoms with Gasteiger partial charge < -0.3 is 10.1 Å². The van der Waals surface area contributed by atoms with Crippen LogP contribution in [0.5, 0.6) is 0 Å². The van der Waals surface area contributed by atoms with E-state index in [4.69, 9.17) is 0 Å². The van der Waals surface area contributed by atoms with E-state index < -0.39 is 5.60 Å². The number of aromatic amines is 1. The van der Waals surface area contributed by atoms with Gasteiger partial charge in [0.1, 0.15) is 5.60 Å². The molecule has 2 heteroatoms. The summed E-state index contributed by atoms with van der Waals surface area (Å²) in [6, 6.07) is 3.78. The van der Waals surface area contributed by atoms with Crippen molar-refractivity contribution in [2.45, 2.75) is 25.9 Å². The van der Waals surface area contributed by atoms with Gasteiger partial charge in [0.15, 0.2) is 0 Å². The fourth-order valence-electron chi connectivity index (χ4n) is 0.856. The molecule has 56 valence electrons. The van der Waals surface area contributed by atoms with Gasteiger partial charge in [0.25, 0.3) is 0 Å². The van der Waals surface area contributed by atoms with E-state index in [1.54, 1.807) is 6.92 Å². The molecule has 2 nitrogen and oxygen atoms in total. The molecule has 2 N–H and O–H groups in total. The van der Waals surface area contributed by atoms with E-state index in [0.717, 1.165) is 12.1 Å². The molecule has 0 bridgehead atoms. The van der Waals surface area contributed by atoms with Crippen molar-refractivity contribution in [1.29, 1.82) is 0 Å². The summed E-state index contributed by atoms with van der Waals surface area (Å²) < 4.78 is 0. The summed E-state index contributed by atoms with van der Waals surface area (Å²) in [5, 5.41) is 9.65. The van der Waals surface area contributed by atoms with Crippen LogP contribution in [-0.4, -0.2) is 10.1 Å². The molecular formula is C8H13NO. The zero-order valence-electron chi connectivity index (χ0n) is 6.39. The number of aromatic nitrogens is 1. The summed E-state index contributed by atoms with van der Waals surface area (Å²) in [6.07, 6.45) is 2.55. The van der Waals surface area contributed by atoms with Crippen LogP contribution in [0.15, 0.2) is 18.3 Å². The fraction of sp³-hybridized carbons (Fsp3) is 0.500. The third kappa shape index (κ3) is 1.21. The predicted molar refractivity (Wildman–Crippen MR) is 40.7 cm³/mol. The van der Waals surface area contributed by atoms with Crippen molar-refractivity contribution in [1.82, 2.24) is 4.98 Å². The Labute approximate surface area is 60.9 Å². The van der Waals surface area contributed by atoms with Crippen LogP contribution in [0.4, 0.5) is 0 Å². The van der Waals surface area contributed by atoms with E-state index in [0.29, 0.717) is 0 Å². The van der Waals surface area contributed by atoms with Crippen LogP contribution in [0.1, 0.15) is 26.0 Å². The van der Waals surface area contributed by atoms with Gasteiger partial charge in [0.2, 0.25) is 0 Å². The van der Waals surface area contributed by atoms with Gasteiger partial charge in [-0.25, -0.2) is 0 Å². The average molecular weight is 139 g/mol. The van der Waals surface area contributed by atoms with E-state index in [9.17, 15) is 5.11 Å². The molecule has 0 aliphatic rings. The lowest BCUT2D eigenvalue weighted by atomic mass is 10.00. The maximum atomic E-state index is 9.65. The molecule has 0 amide bonds. The maximum Gasteiger partial charge on any atom is 0.101 e. The largest absolute Gasteiger partial charge is 0.384 e. The molecule has 1 aromatic rings. The van der Waals surface area contributed by atoms with Gasteiger partial charge in [-0.1, -0.05) is 6.92 Å². The number of H-pyrrole nitrogens is 1. The van der Waals surface area contributed by atoms with Crippen LogP contribution in [0.2, 0.25) is 0 Å². The van der Waals surface area contributed by atoms with Crippen molar-refractivity contribution in [3.63, 3.8) is 0 Å². The molecule has 0 aliphatic carbocycles. The molecular weight excluding hydrogens is 126 g/mol. The Kier molecular flexibility index (Phi) is 1.81. The van der Waals surface area contributed by atoms with Crippen molar-refractivity contribution in [2.75, 3.05) is 0 Å². The SMILES string of the molecule is CCC(C)(O)c1ccc[nH]1. The Bertz CT molecular complexity index is 189. The summed E-state index contributed by atoms with van der Waals surface area (Å²) in [7, 11) is 0. The monoisotopic (exact) mass is 139 g/mol. The molecule has 1 aromatic heterocycles. The number of aliphatic hydroxyl groups is 1. The van der Waals surface area contributed by atoms with Crippen molar-refractivity contribution in [3.8, 4) is 0 Å². The summed E-state index contributed by atoms with van der Waals surface area (Å²) in [4.78, 5) is 2.98. The lowest BCUT2D eigenvalue weighted by molar-refractivity contribution is 0.0491. The van der Waals surface area contributed by atoms with E-state index >= 15 is 0 Å². The lowest BCUT2D eigenvalue weighted by Gasteiger charge is -2.19. The minimum absolute atomic E-state index is 0.691. The summed E-state index contributed by atoms with van der Waals surface area (Å²) in [5.74, 6) is 0. The standard InChI is InChI=1S/C8H13NO/c1-3-8(2,10)7-5-4-6-9-7/h4-6,9-10H,3H2,1-2H3. The smallest absolute Gasteiger partial charge is 0.101 e. The third-order valence-electron chi connectivity index (χ3n) is 1.87. The summed E-state index contributed by atoms with van der Waals surface area (Å²) in [5.41, 5.74) is 0.193. The highest BCUT2D eigenvalue weighted by molar-refractivity contribution is 5.11. The second-order valence-electron chi connectivity index (χ2n) is 2.71. The van der Waals surface area contributed by atoms with Crippen molar-refractivity contribution < 1.29 is 5.11 Å². The van der Waals surface area contributed by atoms with Gasteiger partial charge in [0.05, 0.1) is 0 Å². The van der Waals surface area contributed by atoms with Gasteiger partial charge in [-0.3, -0.25) is 0 Å². The maximum absolute atomic E-state index is 9.65. The first-order valence-corrected chi connectivity index (χ1v) is 3.53. The number of nitrogens with one attached hydrogen (secondary N) is 1. The zero-order valence-corrected chi connectivity index (χ0v) is 6.39. The van der Waals surface area contributed by atoms with E-state index in [2.05, 4.69) is 4.98 Å². The fourth-order valence-corrected chi connectivity index (χ4v) is 0.856. The topological polar surface area (TPSA) is 36.0 Å². The van der Waals surface area contributed by atoms with E-state index in [1.165, 1.54) is 0 Å². The van der Waals surface area contributed by atoms with Crippen LogP contribution >= 0.6 is 0 Å². The molecule has 1 rings (SSSR count). The highest BCUT2D eigenvalue weighted by Crippen LogP contribution is 2.21. The summed E-state index contributed by atoms with van der Waals surface area (Å²) >= 11 is 0. The minimum Gasteiger partial charge on any atom is -0.384 e. The summed E-state index contributed by atoms with van der Waals surface area (Å²) in [6.45, 7) is 3.76. The van der Waals surface area contributed by atoms with Crippen molar-refractivity contribution >= 4 is 0 Å². The Morgan fingerprint density at radius 2 is 2.40 bits per heavy atom. The van der Waals surface area contributed by atoms with E-state index in [-0.39, 0.29) is 0 Å². The normalized spacial score (nSPS) is 16.7. The Morgan fingerprint density at radius 1 is 1.70 bits per heavy atom. The molecule has 0 aromatic carbocycles. The van der Waals surface area contributed by atoms with Crippen LogP contribution < -0.4 is 0 Å². The average Bonchev–Trinajstić information content (AvgIpc) is 2.38. The first-order chi connectivity index (χ1) is 4.67. The number of hydrogen-bond donors (Lipinski definition) is 2. The molecule has 0 saturated carbocycles. The quantitative estimate of drug-likeness (QED) is 0.642. The molecule has 0 saturated heterocycles. The lowest BCUT2D eigenvalue weighted by Crippen LogP contribution is -2.19. The van der Waals surface area contributed by atoms with Gasteiger partial charge in [-0.15, -0.1) is 0 Å². The van der Waals surface area contributed by atoms with Crippen molar-refractivity contribution in [2.24, 2.45) is 0 Å². The molecule has 0 spiro atoms. The first kappa shape index (κ1) is 7.35. The molecule has 10 heavy (non-hydrogen) atoms. The number of hydrogen-bond acceptors (Lipinski definition) is 1. The van der Waals surface area contributed by atoms with Crippen LogP contribution in [0.25, 0.3) is 0 Å². The highest BCUT2D eigenvalue weighted by Gasteiger charge is 2.20. The molecule has 0 aliphatic heterocycles. The first-order valence-electron chi connectivity index (χ1n) is 3.53. The Balaban J connectivity index is 2.85. The van der Waals surface area contributed by atoms with Crippen LogP contribution in [0, 0.1) is 0 Å². The number of rotatable bonds is 2. The zero-order chi connectivity index (χ0) is 7.61. The molecule has 0 radical (unpaired) electrons. The molecule has 1 atom stereocenters. The van der Waals surface area contributed by atoms with E-state index in [1.807, 2.05) is 25.3 Å². The molecule has 1 unspecified atom stereocenters. The van der Waals surface area contributed by atoms with Crippen molar-refractivity contribution in [3.05, 3.63) is 24.0 Å². The third-order valence-corrected chi connectivity index (χ3v) is 1.87. The van der Waals surface area contributed by atoms with Gasteiger partial charge in [0, 0.05) is 11.9 Å². The highest BCUT2D eigenvalue weighted by atomic mass is 16.3. The second kappa shape index (κ2) is 2.46. The Hall–Kier alpha value is -0.760. The predicted octanol–water partition coefficient (Wildman–Crippen LogP) is 1.63. The van der Waals surface area contributed by atoms with Crippen LogP contribution in [0.3, 0.4) is 0 Å². The van der Waals surface area contributed by atoms with Gasteiger partial charge in [-0.2, -0.15) is 0 Å². The Morgan fingerprint density at radius 3 is 2.80 bits per heavy atom. The minimum atomic E-state index is -0.691. The van der Waals surface area contributed by atoms with Gasteiger partial charge >= 0.3 is 0 Å². The molecule has 0 fully saturated rings. The second-order valence-corrected chi connectivity index (χ2v) is 2.71. The van der Waals surface area contributed by atoms with Gasteiger partial charge in [-0.05, 0) is 25.5 Å². The molecule has 1 heterocycles. The van der Waals surface area contributed by atoms with Crippen LogP contribution in [-0.2, 0) is 5.60 Å².